The standard InChI is InChI=1S/C29H22F3N3O3S/c1-18-3-5-20(6-4-18)26-15-24(19-7-11-22(37-2)12-8-19)25(16-33)28(35-26)39-17-27(36)34-21-9-13-23(14-10-21)38-29(30,31)32/h3-15H,17H2,1-2H3,(H,34,36). The molecular formula is C29H22F3N3O3S. The molecule has 1 aromatic heterocycles. The molecule has 0 aliphatic carbocycles. The molecule has 0 aliphatic heterocycles. The summed E-state index contributed by atoms with van der Waals surface area (Å²) in [5.74, 6) is -0.213. The molecule has 1 heterocycles. The molecule has 0 aliphatic rings. The van der Waals surface area contributed by atoms with E-state index in [0.29, 0.717) is 33.3 Å². The van der Waals surface area contributed by atoms with Gasteiger partial charge in [-0.25, -0.2) is 4.98 Å². The van der Waals surface area contributed by atoms with Crippen LogP contribution in [-0.4, -0.2) is 30.1 Å². The van der Waals surface area contributed by atoms with Crippen molar-refractivity contribution in [2.45, 2.75) is 18.3 Å². The van der Waals surface area contributed by atoms with E-state index < -0.39 is 18.0 Å². The van der Waals surface area contributed by atoms with Crippen molar-refractivity contribution in [2.75, 3.05) is 18.2 Å². The number of alkyl halides is 3. The molecule has 0 saturated carbocycles. The number of anilines is 1. The molecule has 0 unspecified atom stereocenters. The maximum atomic E-state index is 12.6. The Balaban J connectivity index is 1.60. The lowest BCUT2D eigenvalue weighted by Gasteiger charge is -2.13. The van der Waals surface area contributed by atoms with Gasteiger partial charge in [-0.2, -0.15) is 5.26 Å². The Kier molecular flexibility index (Phi) is 8.42. The Morgan fingerprint density at radius 3 is 2.18 bits per heavy atom. The average Bonchev–Trinajstić information content (AvgIpc) is 2.92. The van der Waals surface area contributed by atoms with Crippen LogP contribution in [0, 0.1) is 18.3 Å². The number of aromatic nitrogens is 1. The lowest BCUT2D eigenvalue weighted by Crippen LogP contribution is -2.17. The molecular weight excluding hydrogens is 527 g/mol. The molecule has 4 aromatic rings. The molecule has 6 nitrogen and oxygen atoms in total. The fourth-order valence-corrected chi connectivity index (χ4v) is 4.48. The van der Waals surface area contributed by atoms with E-state index in [9.17, 15) is 23.2 Å². The van der Waals surface area contributed by atoms with Crippen LogP contribution in [0.2, 0.25) is 0 Å². The summed E-state index contributed by atoms with van der Waals surface area (Å²) >= 11 is 1.09. The lowest BCUT2D eigenvalue weighted by atomic mass is 9.99. The van der Waals surface area contributed by atoms with Crippen LogP contribution in [0.4, 0.5) is 18.9 Å². The van der Waals surface area contributed by atoms with E-state index in [4.69, 9.17) is 9.72 Å². The lowest BCUT2D eigenvalue weighted by molar-refractivity contribution is -0.274. The number of carbonyl (C=O) groups is 1. The van der Waals surface area contributed by atoms with Crippen molar-refractivity contribution in [1.29, 1.82) is 5.26 Å². The highest BCUT2D eigenvalue weighted by Crippen LogP contribution is 2.35. The normalized spacial score (nSPS) is 11.0. The van der Waals surface area contributed by atoms with E-state index in [1.165, 1.54) is 12.1 Å². The quantitative estimate of drug-likeness (QED) is 0.233. The number of rotatable bonds is 8. The summed E-state index contributed by atoms with van der Waals surface area (Å²) in [7, 11) is 1.57. The SMILES string of the molecule is COc1ccc(-c2cc(-c3ccc(C)cc3)nc(SCC(=O)Nc3ccc(OC(F)(F)F)cc3)c2C#N)cc1. The van der Waals surface area contributed by atoms with Gasteiger partial charge in [-0.3, -0.25) is 4.79 Å². The van der Waals surface area contributed by atoms with E-state index in [-0.39, 0.29) is 5.75 Å². The van der Waals surface area contributed by atoms with Gasteiger partial charge in [-0.15, -0.1) is 13.2 Å². The van der Waals surface area contributed by atoms with Crippen molar-refractivity contribution in [2.24, 2.45) is 0 Å². The zero-order valence-electron chi connectivity index (χ0n) is 20.9. The van der Waals surface area contributed by atoms with Gasteiger partial charge < -0.3 is 14.8 Å². The van der Waals surface area contributed by atoms with Crippen LogP contribution in [0.5, 0.6) is 11.5 Å². The Bertz CT molecular complexity index is 1500. The van der Waals surface area contributed by atoms with Crippen LogP contribution < -0.4 is 14.8 Å². The predicted molar refractivity (Wildman–Crippen MR) is 144 cm³/mol. The van der Waals surface area contributed by atoms with Crippen molar-refractivity contribution >= 4 is 23.4 Å². The molecule has 1 N–H and O–H groups in total. The number of benzene rings is 3. The molecule has 10 heteroatoms. The number of aryl methyl sites for hydroxylation is 1. The van der Waals surface area contributed by atoms with Gasteiger partial charge in [0.25, 0.3) is 0 Å². The molecule has 0 radical (unpaired) electrons. The van der Waals surface area contributed by atoms with Gasteiger partial charge in [-0.05, 0) is 55.0 Å². The molecule has 1 amide bonds. The number of nitrogens with zero attached hydrogens (tertiary/aromatic N) is 2. The van der Waals surface area contributed by atoms with E-state index in [0.717, 1.165) is 40.6 Å². The number of hydrogen-bond donors (Lipinski definition) is 1. The predicted octanol–water partition coefficient (Wildman–Crippen LogP) is 7.23. The van der Waals surface area contributed by atoms with Crippen LogP contribution in [0.15, 0.2) is 83.9 Å². The summed E-state index contributed by atoms with van der Waals surface area (Å²) in [6.45, 7) is 1.98. The van der Waals surface area contributed by atoms with Gasteiger partial charge in [0.1, 0.15) is 22.6 Å². The van der Waals surface area contributed by atoms with Crippen molar-refractivity contribution in [1.82, 2.24) is 4.98 Å². The molecule has 0 saturated heterocycles. The highest BCUT2D eigenvalue weighted by atomic mass is 32.2. The topological polar surface area (TPSA) is 84.2 Å². The highest BCUT2D eigenvalue weighted by Gasteiger charge is 2.31. The maximum Gasteiger partial charge on any atom is 0.573 e. The van der Waals surface area contributed by atoms with E-state index in [2.05, 4.69) is 16.1 Å². The zero-order valence-corrected chi connectivity index (χ0v) is 21.7. The monoisotopic (exact) mass is 549 g/mol. The third kappa shape index (κ3) is 7.30. The number of ether oxygens (including phenoxy) is 2. The first kappa shape index (κ1) is 27.5. The molecule has 39 heavy (non-hydrogen) atoms. The third-order valence-corrected chi connectivity index (χ3v) is 6.53. The van der Waals surface area contributed by atoms with Gasteiger partial charge >= 0.3 is 6.36 Å². The minimum absolute atomic E-state index is 0.0815. The summed E-state index contributed by atoms with van der Waals surface area (Å²) in [4.78, 5) is 17.3. The molecule has 4 rings (SSSR count). The number of hydrogen-bond acceptors (Lipinski definition) is 6. The minimum atomic E-state index is -4.80. The Hall–Kier alpha value is -4.49. The van der Waals surface area contributed by atoms with Gasteiger partial charge in [0.15, 0.2) is 0 Å². The largest absolute Gasteiger partial charge is 0.573 e. The summed E-state index contributed by atoms with van der Waals surface area (Å²) in [5.41, 5.74) is 4.66. The molecule has 198 valence electrons. The van der Waals surface area contributed by atoms with E-state index in [1.54, 1.807) is 19.2 Å². The van der Waals surface area contributed by atoms with Gasteiger partial charge in [-0.1, -0.05) is 53.7 Å². The van der Waals surface area contributed by atoms with Crippen LogP contribution in [0.25, 0.3) is 22.4 Å². The number of methoxy groups -OCH3 is 1. The van der Waals surface area contributed by atoms with E-state index in [1.807, 2.05) is 49.4 Å². The average molecular weight is 550 g/mol. The minimum Gasteiger partial charge on any atom is -0.497 e. The first-order valence-electron chi connectivity index (χ1n) is 11.6. The molecule has 0 fully saturated rings. The van der Waals surface area contributed by atoms with Gasteiger partial charge in [0.05, 0.1) is 24.1 Å². The summed E-state index contributed by atoms with van der Waals surface area (Å²) < 4.78 is 46.2. The van der Waals surface area contributed by atoms with Crippen molar-refractivity contribution in [3.05, 3.63) is 90.0 Å². The number of nitrogens with one attached hydrogen (secondary N) is 1. The van der Waals surface area contributed by atoms with Crippen LogP contribution in [0.1, 0.15) is 11.1 Å². The Morgan fingerprint density at radius 2 is 1.59 bits per heavy atom. The van der Waals surface area contributed by atoms with Crippen molar-refractivity contribution < 1.29 is 27.4 Å². The summed E-state index contributed by atoms with van der Waals surface area (Å²) in [5, 5.41) is 13.1. The van der Waals surface area contributed by atoms with Gasteiger partial charge in [0.2, 0.25) is 5.91 Å². The van der Waals surface area contributed by atoms with Gasteiger partial charge in [0, 0.05) is 16.8 Å². The second-order valence-electron chi connectivity index (χ2n) is 8.35. The number of carbonyl (C=O) groups excluding carboxylic acids is 1. The summed E-state index contributed by atoms with van der Waals surface area (Å²) in [6, 6.07) is 24.0. The van der Waals surface area contributed by atoms with Crippen molar-refractivity contribution in [3.63, 3.8) is 0 Å². The number of halogens is 3. The first-order chi connectivity index (χ1) is 18.6. The number of nitriles is 1. The second kappa shape index (κ2) is 11.9. The molecule has 0 spiro atoms. The van der Waals surface area contributed by atoms with Crippen LogP contribution >= 0.6 is 11.8 Å². The maximum absolute atomic E-state index is 12.6. The summed E-state index contributed by atoms with van der Waals surface area (Å²) in [6.07, 6.45) is -4.80. The van der Waals surface area contributed by atoms with Crippen LogP contribution in [0.3, 0.4) is 0 Å². The first-order valence-corrected chi connectivity index (χ1v) is 12.6. The molecule has 0 atom stereocenters. The second-order valence-corrected chi connectivity index (χ2v) is 9.31. The molecule has 0 bridgehead atoms. The fourth-order valence-electron chi connectivity index (χ4n) is 3.68. The zero-order chi connectivity index (χ0) is 28.0. The number of pyridine rings is 1. The van der Waals surface area contributed by atoms with Crippen LogP contribution in [-0.2, 0) is 4.79 Å². The number of amides is 1. The number of thioether (sulfide) groups is 1. The molecule has 3 aromatic carbocycles. The fraction of sp³-hybridized carbons (Fsp3) is 0.138. The Labute approximate surface area is 227 Å². The van der Waals surface area contributed by atoms with E-state index >= 15 is 0 Å². The van der Waals surface area contributed by atoms with Crippen molar-refractivity contribution in [3.8, 4) is 40.0 Å². The Morgan fingerprint density at radius 1 is 0.974 bits per heavy atom. The third-order valence-electron chi connectivity index (χ3n) is 5.56. The smallest absolute Gasteiger partial charge is 0.497 e. The highest BCUT2D eigenvalue weighted by molar-refractivity contribution is 8.00.